The number of halogens is 2. The summed E-state index contributed by atoms with van der Waals surface area (Å²) in [5.74, 6) is -3.80. The van der Waals surface area contributed by atoms with Gasteiger partial charge in [0.2, 0.25) is 0 Å². The number of esters is 4. The zero-order valence-corrected chi connectivity index (χ0v) is 30.1. The highest BCUT2D eigenvalue weighted by Gasteiger charge is 2.56. The van der Waals surface area contributed by atoms with Crippen LogP contribution >= 0.6 is 27.5 Å². The van der Waals surface area contributed by atoms with Crippen molar-refractivity contribution in [2.45, 2.75) is 87.1 Å². The van der Waals surface area contributed by atoms with E-state index in [9.17, 15) is 24.7 Å². The summed E-state index contributed by atoms with van der Waals surface area (Å²) in [4.78, 5) is 53.0. The van der Waals surface area contributed by atoms with Gasteiger partial charge < -0.3 is 42.6 Å². The lowest BCUT2D eigenvalue weighted by Crippen LogP contribution is -2.66. The lowest BCUT2D eigenvalue weighted by atomic mass is 9.95. The molecule has 18 heteroatoms. The molecule has 10 atom stereocenters. The molecule has 0 spiro atoms. The number of azide groups is 1. The minimum atomic E-state index is -1.65. The van der Waals surface area contributed by atoms with Gasteiger partial charge in [-0.2, -0.15) is 0 Å². The van der Waals surface area contributed by atoms with Gasteiger partial charge in [0.05, 0.1) is 20.3 Å². The fourth-order valence-electron chi connectivity index (χ4n) is 5.48. The molecule has 2 fully saturated rings. The van der Waals surface area contributed by atoms with Crippen LogP contribution in [0.25, 0.3) is 10.4 Å². The van der Waals surface area contributed by atoms with E-state index in [2.05, 4.69) is 26.0 Å². The topological polar surface area (TPSA) is 200 Å². The summed E-state index contributed by atoms with van der Waals surface area (Å²) in [5, 5.41) is 2.74. The van der Waals surface area contributed by atoms with Gasteiger partial charge in [0.25, 0.3) is 0 Å². The van der Waals surface area contributed by atoms with Crippen LogP contribution < -0.4 is 0 Å². The van der Waals surface area contributed by atoms with Crippen LogP contribution in [0.5, 0.6) is 0 Å². The van der Waals surface area contributed by atoms with Crippen molar-refractivity contribution >= 4 is 51.4 Å². The molecule has 0 amide bonds. The molecule has 2 saturated heterocycles. The Morgan fingerprint density at radius 3 is 1.98 bits per heavy atom. The zero-order valence-electron chi connectivity index (χ0n) is 27.8. The van der Waals surface area contributed by atoms with Gasteiger partial charge in [0.1, 0.15) is 54.1 Å². The summed E-state index contributed by atoms with van der Waals surface area (Å²) in [6.07, 6.45) is -11.1. The molecule has 2 aromatic rings. The number of benzene rings is 2. The van der Waals surface area contributed by atoms with E-state index in [1.165, 1.54) is 6.92 Å². The van der Waals surface area contributed by atoms with Crippen molar-refractivity contribution in [2.24, 2.45) is 5.11 Å². The molecule has 10 unspecified atom stereocenters. The van der Waals surface area contributed by atoms with Crippen molar-refractivity contribution in [1.29, 1.82) is 0 Å². The first-order valence-corrected chi connectivity index (χ1v) is 17.1. The van der Waals surface area contributed by atoms with Gasteiger partial charge >= 0.3 is 23.9 Å². The first-order valence-electron chi connectivity index (χ1n) is 15.7. The van der Waals surface area contributed by atoms with Gasteiger partial charge in [-0.05, 0) is 16.7 Å². The molecular formula is C33H37BrClN3O13. The molecule has 51 heavy (non-hydrogen) atoms. The lowest BCUT2D eigenvalue weighted by molar-refractivity contribution is -0.341. The van der Waals surface area contributed by atoms with E-state index in [1.54, 1.807) is 36.4 Å². The summed E-state index contributed by atoms with van der Waals surface area (Å²) in [6.45, 7) is 1.87. The number of hydrogen-bond donors (Lipinski definition) is 0. The van der Waals surface area contributed by atoms with Gasteiger partial charge in [0, 0.05) is 18.8 Å². The predicted octanol–water partition coefficient (Wildman–Crippen LogP) is 3.88. The number of carbonyl (C=O) groups excluding carboxylic acids is 4. The highest BCUT2D eigenvalue weighted by Crippen LogP contribution is 2.37. The largest absolute Gasteiger partial charge is 0.467 e. The van der Waals surface area contributed by atoms with Gasteiger partial charge in [-0.15, -0.1) is 11.6 Å². The zero-order chi connectivity index (χ0) is 36.9. The maximum absolute atomic E-state index is 13.3. The highest BCUT2D eigenvalue weighted by molar-refractivity contribution is 9.09. The molecule has 276 valence electrons. The molecular weight excluding hydrogens is 762 g/mol. The quantitative estimate of drug-likeness (QED) is 0.0629. The maximum atomic E-state index is 13.3. The molecule has 2 aliphatic heterocycles. The van der Waals surface area contributed by atoms with Crippen molar-refractivity contribution in [3.8, 4) is 0 Å². The van der Waals surface area contributed by atoms with Crippen LogP contribution in [-0.4, -0.2) is 104 Å². The number of rotatable bonds is 15. The third-order valence-corrected chi connectivity index (χ3v) is 8.68. The Balaban J connectivity index is 1.82. The summed E-state index contributed by atoms with van der Waals surface area (Å²) >= 11 is 9.11. The Morgan fingerprint density at radius 1 is 0.843 bits per heavy atom. The van der Waals surface area contributed by atoms with E-state index < -0.39 is 96.4 Å². The lowest BCUT2D eigenvalue weighted by Gasteiger charge is -2.48. The minimum absolute atomic E-state index is 0.0325. The SMILES string of the molecule is COC(=O)C1OC(OC2C(COC(C)=O)OC(Br)C(N=[N+]=[N-])C2OC(C)=O)C(OCc2ccccc2)C(OCc2ccccc2)C1OC(=O)CCl. The normalized spacial score (nSPS) is 28.8. The second-order valence-electron chi connectivity index (χ2n) is 11.3. The molecule has 0 aliphatic carbocycles. The van der Waals surface area contributed by atoms with Crippen LogP contribution in [-0.2, 0) is 75.0 Å². The molecule has 0 N–H and O–H groups in total. The number of methoxy groups -OCH3 is 1. The summed E-state index contributed by atoms with van der Waals surface area (Å²) < 4.78 is 53.0. The third-order valence-electron chi connectivity index (χ3n) is 7.70. The van der Waals surface area contributed by atoms with E-state index in [4.69, 9.17) is 54.2 Å². The standard InChI is InChI=1S/C33H37BrClN3O13/c1-18(39)44-17-22-25(26(47-19(2)40)24(37-38-36)31(34)48-22)50-33-30(46-16-21-12-8-5-9-13-21)27(45-15-20-10-6-4-7-11-20)28(49-23(41)14-35)29(51-33)32(42)43-3/h4-13,22,24-31,33H,14-17H2,1-3H3. The summed E-state index contributed by atoms with van der Waals surface area (Å²) in [6, 6.07) is 16.9. The first kappa shape index (κ1) is 40.0. The third kappa shape index (κ3) is 11.1. The molecule has 0 radical (unpaired) electrons. The minimum Gasteiger partial charge on any atom is -0.467 e. The van der Waals surface area contributed by atoms with Gasteiger partial charge in [-0.3, -0.25) is 14.4 Å². The van der Waals surface area contributed by atoms with E-state index in [1.807, 2.05) is 24.3 Å². The second-order valence-corrected chi connectivity index (χ2v) is 12.4. The Bertz CT molecular complexity index is 1520. The fraction of sp³-hybridized carbons (Fsp3) is 0.515. The summed E-state index contributed by atoms with van der Waals surface area (Å²) in [7, 11) is 1.11. The van der Waals surface area contributed by atoms with E-state index >= 15 is 0 Å². The maximum Gasteiger partial charge on any atom is 0.339 e. The molecule has 0 bridgehead atoms. The number of ether oxygens (including phenoxy) is 9. The Hall–Kier alpha value is -3.80. The van der Waals surface area contributed by atoms with Crippen LogP contribution in [0.1, 0.15) is 25.0 Å². The Kier molecular flexibility index (Phi) is 15.5. The van der Waals surface area contributed by atoms with Crippen molar-refractivity contribution in [3.05, 3.63) is 82.2 Å². The molecule has 16 nitrogen and oxygen atoms in total. The molecule has 2 aliphatic rings. The number of alkyl halides is 2. The van der Waals surface area contributed by atoms with Crippen molar-refractivity contribution in [2.75, 3.05) is 19.6 Å². The molecule has 4 rings (SSSR count). The van der Waals surface area contributed by atoms with Crippen LogP contribution in [0.4, 0.5) is 0 Å². The smallest absolute Gasteiger partial charge is 0.339 e. The van der Waals surface area contributed by atoms with Gasteiger partial charge in [0.15, 0.2) is 18.5 Å². The Labute approximate surface area is 306 Å². The van der Waals surface area contributed by atoms with Gasteiger partial charge in [-0.1, -0.05) is 81.7 Å². The van der Waals surface area contributed by atoms with E-state index in [-0.39, 0.29) is 13.2 Å². The average Bonchev–Trinajstić information content (AvgIpc) is 3.12. The monoisotopic (exact) mass is 797 g/mol. The molecule has 0 aromatic heterocycles. The van der Waals surface area contributed by atoms with Crippen LogP contribution in [0, 0.1) is 0 Å². The van der Waals surface area contributed by atoms with Crippen molar-refractivity contribution < 1.29 is 61.8 Å². The molecule has 2 aromatic carbocycles. The molecule has 0 saturated carbocycles. The van der Waals surface area contributed by atoms with Crippen LogP contribution in [0.15, 0.2) is 65.8 Å². The Morgan fingerprint density at radius 2 is 1.45 bits per heavy atom. The van der Waals surface area contributed by atoms with E-state index in [0.717, 1.165) is 25.2 Å². The van der Waals surface area contributed by atoms with Crippen LogP contribution in [0.3, 0.4) is 0 Å². The molecule has 2 heterocycles. The highest BCUT2D eigenvalue weighted by atomic mass is 79.9. The summed E-state index contributed by atoms with van der Waals surface area (Å²) in [5.41, 5.74) is 10.8. The number of carbonyl (C=O) groups is 4. The number of hydrogen-bond acceptors (Lipinski definition) is 14. The van der Waals surface area contributed by atoms with Crippen LogP contribution in [0.2, 0.25) is 0 Å². The van der Waals surface area contributed by atoms with Crippen molar-refractivity contribution in [3.63, 3.8) is 0 Å². The van der Waals surface area contributed by atoms with Crippen molar-refractivity contribution in [1.82, 2.24) is 0 Å². The first-order chi connectivity index (χ1) is 24.6. The van der Waals surface area contributed by atoms with Gasteiger partial charge in [-0.25, -0.2) is 4.79 Å². The number of nitrogens with zero attached hydrogens (tertiary/aromatic N) is 3. The van der Waals surface area contributed by atoms with E-state index in [0.29, 0.717) is 0 Å². The predicted molar refractivity (Wildman–Crippen MR) is 179 cm³/mol. The second kappa shape index (κ2) is 19.7. The average molecular weight is 799 g/mol. The fourth-order valence-corrected chi connectivity index (χ4v) is 6.22.